The second kappa shape index (κ2) is 4.06. The Kier molecular flexibility index (Phi) is 3.18. The van der Waals surface area contributed by atoms with Gasteiger partial charge in [0.2, 0.25) is 5.92 Å². The highest BCUT2D eigenvalue weighted by atomic mass is 32.1. The molecule has 0 aliphatic heterocycles. The Hall–Kier alpha value is -1.30. The summed E-state index contributed by atoms with van der Waals surface area (Å²) in [6, 6.07) is 1.19. The molecule has 82 valence electrons. The van der Waals surface area contributed by atoms with Gasteiger partial charge in [0.05, 0.1) is 4.88 Å². The molecule has 1 N–H and O–H groups in total. The Morgan fingerprint density at radius 3 is 2.67 bits per heavy atom. The third-order valence-electron chi connectivity index (χ3n) is 1.64. The van der Waals surface area contributed by atoms with Gasteiger partial charge in [-0.15, -0.1) is 11.3 Å². The molecule has 6 heteroatoms. The molecule has 0 fully saturated rings. The zero-order valence-electron chi connectivity index (χ0n) is 7.79. The fraction of sp³-hybridized carbons (Fsp3) is 0.333. The summed E-state index contributed by atoms with van der Waals surface area (Å²) in [5.74, 6) is -4.27. The Bertz CT molecular complexity index is 393. The van der Waals surface area contributed by atoms with E-state index in [0.717, 1.165) is 0 Å². The van der Waals surface area contributed by atoms with Crippen molar-refractivity contribution in [2.24, 2.45) is 0 Å². The van der Waals surface area contributed by atoms with Crippen LogP contribution in [0.4, 0.5) is 8.78 Å². The van der Waals surface area contributed by atoms with Crippen molar-refractivity contribution in [3.05, 3.63) is 21.4 Å². The first-order valence-corrected chi connectivity index (χ1v) is 4.84. The lowest BCUT2D eigenvalue weighted by Crippen LogP contribution is -2.14. The van der Waals surface area contributed by atoms with Gasteiger partial charge >= 0.3 is 5.97 Å². The molecule has 0 aliphatic rings. The molecule has 1 heterocycles. The van der Waals surface area contributed by atoms with Crippen LogP contribution < -0.4 is 0 Å². The molecule has 1 aromatic rings. The number of hydrogen-bond donors (Lipinski definition) is 1. The fourth-order valence-corrected chi connectivity index (χ4v) is 1.99. The highest BCUT2D eigenvalue weighted by molar-refractivity contribution is 7.15. The molecule has 3 nitrogen and oxygen atoms in total. The Balaban J connectivity index is 3.09. The summed E-state index contributed by atoms with van der Waals surface area (Å²) in [6.07, 6.45) is -0.215. The number of hydrogen-bond acceptors (Lipinski definition) is 3. The van der Waals surface area contributed by atoms with E-state index in [-0.39, 0.29) is 15.3 Å². The molecule has 0 aromatic carbocycles. The molecular formula is C9H8F2O3S. The van der Waals surface area contributed by atoms with Gasteiger partial charge in [0.15, 0.2) is 6.29 Å². The molecule has 1 rings (SSSR count). The standard InChI is InChI=1S/C9H8F2O3S/c1-9(10,11)3-5-2-6(4-12)15-7(5)8(13)14/h2,4H,3H2,1H3,(H,13,14). The van der Waals surface area contributed by atoms with E-state index in [2.05, 4.69) is 0 Å². The van der Waals surface area contributed by atoms with Crippen molar-refractivity contribution < 1.29 is 23.5 Å². The van der Waals surface area contributed by atoms with E-state index in [4.69, 9.17) is 5.11 Å². The highest BCUT2D eigenvalue weighted by Gasteiger charge is 2.26. The summed E-state index contributed by atoms with van der Waals surface area (Å²) in [7, 11) is 0. The smallest absolute Gasteiger partial charge is 0.346 e. The zero-order valence-corrected chi connectivity index (χ0v) is 8.61. The molecule has 0 saturated carbocycles. The van der Waals surface area contributed by atoms with Gasteiger partial charge in [0.25, 0.3) is 0 Å². The van der Waals surface area contributed by atoms with Crippen molar-refractivity contribution in [3.8, 4) is 0 Å². The van der Waals surface area contributed by atoms with Crippen LogP contribution in [-0.2, 0) is 6.42 Å². The normalized spacial score (nSPS) is 11.4. The topological polar surface area (TPSA) is 54.4 Å². The largest absolute Gasteiger partial charge is 0.477 e. The number of thiophene rings is 1. The summed E-state index contributed by atoms with van der Waals surface area (Å²) in [6.45, 7) is 0.705. The summed E-state index contributed by atoms with van der Waals surface area (Å²) in [4.78, 5) is 21.0. The first-order chi connectivity index (χ1) is 6.83. The predicted molar refractivity (Wildman–Crippen MR) is 51.0 cm³/mol. The minimum atomic E-state index is -2.98. The molecular weight excluding hydrogens is 226 g/mol. The number of carboxylic acids is 1. The van der Waals surface area contributed by atoms with E-state index >= 15 is 0 Å². The van der Waals surface area contributed by atoms with Crippen molar-refractivity contribution in [2.45, 2.75) is 19.3 Å². The second-order valence-electron chi connectivity index (χ2n) is 3.17. The first kappa shape index (κ1) is 11.8. The third-order valence-corrected chi connectivity index (χ3v) is 2.73. The minimum Gasteiger partial charge on any atom is -0.477 e. The number of rotatable bonds is 4. The lowest BCUT2D eigenvalue weighted by atomic mass is 10.1. The quantitative estimate of drug-likeness (QED) is 0.814. The van der Waals surface area contributed by atoms with Gasteiger partial charge in [-0.25, -0.2) is 13.6 Å². The fourth-order valence-electron chi connectivity index (χ4n) is 1.15. The maximum Gasteiger partial charge on any atom is 0.346 e. The second-order valence-corrected chi connectivity index (χ2v) is 4.26. The van der Waals surface area contributed by atoms with Crippen molar-refractivity contribution in [1.82, 2.24) is 0 Å². The van der Waals surface area contributed by atoms with Gasteiger partial charge in [0.1, 0.15) is 4.88 Å². The van der Waals surface area contributed by atoms with Crippen molar-refractivity contribution >= 4 is 23.6 Å². The number of carbonyl (C=O) groups excluding carboxylic acids is 1. The van der Waals surface area contributed by atoms with Crippen molar-refractivity contribution in [2.75, 3.05) is 0 Å². The van der Waals surface area contributed by atoms with Gasteiger partial charge < -0.3 is 5.11 Å². The van der Waals surface area contributed by atoms with Crippen LogP contribution in [0.25, 0.3) is 0 Å². The van der Waals surface area contributed by atoms with E-state index in [1.165, 1.54) is 6.07 Å². The molecule has 0 atom stereocenters. The van der Waals surface area contributed by atoms with Crippen LogP contribution in [0, 0.1) is 0 Å². The average molecular weight is 234 g/mol. The Labute approximate surface area is 88.3 Å². The SMILES string of the molecule is CC(F)(F)Cc1cc(C=O)sc1C(=O)O. The van der Waals surface area contributed by atoms with Crippen LogP contribution in [-0.4, -0.2) is 23.3 Å². The van der Waals surface area contributed by atoms with E-state index in [0.29, 0.717) is 24.5 Å². The predicted octanol–water partition coefficient (Wildman–Crippen LogP) is 2.46. The molecule has 1 aromatic heterocycles. The third kappa shape index (κ3) is 3.09. The van der Waals surface area contributed by atoms with E-state index < -0.39 is 18.3 Å². The lowest BCUT2D eigenvalue weighted by Gasteiger charge is -2.08. The molecule has 0 spiro atoms. The summed E-state index contributed by atoms with van der Waals surface area (Å²) >= 11 is 0.707. The molecule has 0 radical (unpaired) electrons. The van der Waals surface area contributed by atoms with Gasteiger partial charge in [0, 0.05) is 6.42 Å². The number of halogens is 2. The monoisotopic (exact) mass is 234 g/mol. The molecule has 0 amide bonds. The maximum atomic E-state index is 12.7. The average Bonchev–Trinajstić information content (AvgIpc) is 2.44. The highest BCUT2D eigenvalue weighted by Crippen LogP contribution is 2.27. The van der Waals surface area contributed by atoms with E-state index in [1.807, 2.05) is 0 Å². The van der Waals surface area contributed by atoms with Gasteiger partial charge in [-0.2, -0.15) is 0 Å². The molecule has 0 bridgehead atoms. The van der Waals surface area contributed by atoms with Crippen molar-refractivity contribution in [1.29, 1.82) is 0 Å². The van der Waals surface area contributed by atoms with Crippen LogP contribution in [0.15, 0.2) is 6.07 Å². The van der Waals surface area contributed by atoms with Crippen LogP contribution >= 0.6 is 11.3 Å². The minimum absolute atomic E-state index is 0.00194. The summed E-state index contributed by atoms with van der Waals surface area (Å²) in [5, 5.41) is 8.72. The number of carbonyl (C=O) groups is 2. The van der Waals surface area contributed by atoms with Gasteiger partial charge in [-0.3, -0.25) is 4.79 Å². The van der Waals surface area contributed by atoms with Crippen LogP contribution in [0.3, 0.4) is 0 Å². The number of alkyl halides is 2. The van der Waals surface area contributed by atoms with Gasteiger partial charge in [-0.1, -0.05) is 0 Å². The number of aromatic carboxylic acids is 1. The lowest BCUT2D eigenvalue weighted by molar-refractivity contribution is 0.0224. The van der Waals surface area contributed by atoms with Crippen LogP contribution in [0.2, 0.25) is 0 Å². The first-order valence-electron chi connectivity index (χ1n) is 4.02. The molecule has 0 saturated heterocycles. The number of aldehydes is 1. The molecule has 0 aliphatic carbocycles. The van der Waals surface area contributed by atoms with Crippen LogP contribution in [0.1, 0.15) is 31.8 Å². The summed E-state index contributed by atoms with van der Waals surface area (Å²) < 4.78 is 25.4. The molecule has 15 heavy (non-hydrogen) atoms. The van der Waals surface area contributed by atoms with Crippen molar-refractivity contribution in [3.63, 3.8) is 0 Å². The number of carboxylic acid groups (broad SMARTS) is 1. The Morgan fingerprint density at radius 1 is 1.67 bits per heavy atom. The zero-order chi connectivity index (χ0) is 11.6. The summed E-state index contributed by atoms with van der Waals surface area (Å²) in [5.41, 5.74) is 0.00194. The van der Waals surface area contributed by atoms with E-state index in [1.54, 1.807) is 0 Å². The van der Waals surface area contributed by atoms with E-state index in [9.17, 15) is 18.4 Å². The maximum absolute atomic E-state index is 12.7. The van der Waals surface area contributed by atoms with Gasteiger partial charge in [-0.05, 0) is 18.6 Å². The molecule has 0 unspecified atom stereocenters. The van der Waals surface area contributed by atoms with Crippen LogP contribution in [0.5, 0.6) is 0 Å². The Morgan fingerprint density at radius 2 is 2.27 bits per heavy atom.